The standard InChI is InChI=1S/C12H11PS.C11H12FN.Ir/c14-12-9-5-4-8-11(12)13-10-6-2-1-3-7-10;12-10-6-4-9(5-7-10)11-3-1-2-8-13-11;/h1-9,13-14H;4,6-7,11H,1-3,8H2;/q;-2;+3/p-1. The van der Waals surface area contributed by atoms with Crippen molar-refractivity contribution >= 4 is 31.8 Å². The molecule has 0 bridgehead atoms. The van der Waals surface area contributed by atoms with Crippen LogP contribution in [0.3, 0.4) is 0 Å². The molecule has 1 aliphatic heterocycles. The van der Waals surface area contributed by atoms with Crippen molar-refractivity contribution in [3.63, 3.8) is 0 Å². The Labute approximate surface area is 188 Å². The zero-order valence-electron chi connectivity index (χ0n) is 15.4. The van der Waals surface area contributed by atoms with Crippen molar-refractivity contribution in [1.29, 1.82) is 0 Å². The molecule has 0 spiro atoms. The van der Waals surface area contributed by atoms with Gasteiger partial charge in [-0.1, -0.05) is 82.4 Å². The topological polar surface area (TPSA) is 14.1 Å². The van der Waals surface area contributed by atoms with E-state index in [0.29, 0.717) is 8.58 Å². The van der Waals surface area contributed by atoms with E-state index in [4.69, 9.17) is 12.6 Å². The third kappa shape index (κ3) is 7.35. The van der Waals surface area contributed by atoms with Crippen molar-refractivity contribution in [3.8, 4) is 0 Å². The molecule has 0 amide bonds. The SMILES string of the molecule is Fc1c[c-]c(C2CCCC[N-]2)cc1.[Ir+3].[S-]c1ccccc1Pc1ccccc1. The molecule has 3 aromatic carbocycles. The quantitative estimate of drug-likeness (QED) is 0.227. The van der Waals surface area contributed by atoms with Crippen molar-refractivity contribution in [1.82, 2.24) is 0 Å². The van der Waals surface area contributed by atoms with Gasteiger partial charge in [-0.2, -0.15) is 22.6 Å². The molecule has 1 heterocycles. The minimum Gasteiger partial charge on any atom is -0.779 e. The number of piperidine rings is 1. The van der Waals surface area contributed by atoms with Crippen LogP contribution in [0.25, 0.3) is 5.32 Å². The summed E-state index contributed by atoms with van der Waals surface area (Å²) in [6, 6.07) is 26.4. The maximum Gasteiger partial charge on any atom is 3.00 e. The van der Waals surface area contributed by atoms with Crippen LogP contribution in [0.4, 0.5) is 4.39 Å². The van der Waals surface area contributed by atoms with E-state index >= 15 is 0 Å². The third-order valence-corrected chi connectivity index (χ3v) is 6.20. The average Bonchev–Trinajstić information content (AvgIpc) is 2.72. The smallest absolute Gasteiger partial charge is 0.779 e. The number of halogens is 1. The zero-order chi connectivity index (χ0) is 18.9. The van der Waals surface area contributed by atoms with Crippen molar-refractivity contribution in [2.24, 2.45) is 0 Å². The predicted octanol–water partition coefficient (Wildman–Crippen LogP) is 5.44. The van der Waals surface area contributed by atoms with E-state index in [1.165, 1.54) is 35.6 Å². The fourth-order valence-corrected chi connectivity index (χ4v) is 4.27. The van der Waals surface area contributed by atoms with E-state index in [-0.39, 0.29) is 32.0 Å². The van der Waals surface area contributed by atoms with E-state index in [0.717, 1.165) is 23.4 Å². The fourth-order valence-electron chi connectivity index (χ4n) is 2.91. The second-order valence-electron chi connectivity index (χ2n) is 6.37. The molecule has 0 aromatic heterocycles. The summed E-state index contributed by atoms with van der Waals surface area (Å²) in [6.45, 7) is 0.940. The summed E-state index contributed by atoms with van der Waals surface area (Å²) in [6.07, 6.45) is 3.50. The molecule has 5 heteroatoms. The van der Waals surface area contributed by atoms with Crippen LogP contribution in [-0.2, 0) is 32.7 Å². The molecule has 1 saturated heterocycles. The van der Waals surface area contributed by atoms with Gasteiger partial charge in [0.05, 0.1) is 0 Å². The zero-order valence-corrected chi connectivity index (χ0v) is 19.6. The van der Waals surface area contributed by atoms with Gasteiger partial charge in [-0.15, -0.1) is 24.7 Å². The monoisotopic (exact) mass is 587 g/mol. The van der Waals surface area contributed by atoms with E-state index < -0.39 is 0 Å². The first kappa shape index (κ1) is 23.1. The van der Waals surface area contributed by atoms with Gasteiger partial charge in [0.2, 0.25) is 0 Å². The van der Waals surface area contributed by atoms with Gasteiger partial charge in [0, 0.05) is 5.82 Å². The molecule has 2 atom stereocenters. The Morgan fingerprint density at radius 1 is 0.964 bits per heavy atom. The Kier molecular flexibility index (Phi) is 10.3. The summed E-state index contributed by atoms with van der Waals surface area (Å²) in [5.74, 6) is -0.223. The maximum atomic E-state index is 12.6. The molecular formula is C23H22FIrNPS. The van der Waals surface area contributed by atoms with Gasteiger partial charge in [0.15, 0.2) is 0 Å². The fraction of sp³-hybridized carbons (Fsp3) is 0.217. The van der Waals surface area contributed by atoms with Gasteiger partial charge in [0.25, 0.3) is 0 Å². The Morgan fingerprint density at radius 3 is 2.36 bits per heavy atom. The van der Waals surface area contributed by atoms with Crippen molar-refractivity contribution in [3.05, 3.63) is 95.6 Å². The first-order valence-electron chi connectivity index (χ1n) is 9.14. The molecular weight excluding hydrogens is 565 g/mol. The van der Waals surface area contributed by atoms with Crippen LogP contribution in [0.2, 0.25) is 0 Å². The third-order valence-electron chi connectivity index (χ3n) is 4.33. The van der Waals surface area contributed by atoms with Crippen LogP contribution in [0.5, 0.6) is 0 Å². The van der Waals surface area contributed by atoms with Crippen LogP contribution in [0.1, 0.15) is 30.9 Å². The number of hydrogen-bond donors (Lipinski definition) is 0. The molecule has 1 fully saturated rings. The normalized spacial score (nSPS) is 16.1. The summed E-state index contributed by atoms with van der Waals surface area (Å²) in [4.78, 5) is 0.967. The Bertz CT molecular complexity index is 824. The number of rotatable bonds is 3. The molecule has 2 unspecified atom stereocenters. The number of hydrogen-bond acceptors (Lipinski definition) is 1. The Hall–Kier alpha value is -1.15. The first-order chi connectivity index (χ1) is 13.2. The van der Waals surface area contributed by atoms with Gasteiger partial charge in [-0.25, -0.2) is 0 Å². The van der Waals surface area contributed by atoms with Crippen molar-refractivity contribution in [2.45, 2.75) is 30.2 Å². The van der Waals surface area contributed by atoms with Crippen LogP contribution >= 0.6 is 8.58 Å². The molecule has 0 radical (unpaired) electrons. The minimum atomic E-state index is -0.223. The number of nitrogens with zero attached hydrogens (tertiary/aromatic N) is 1. The van der Waals surface area contributed by atoms with E-state index in [9.17, 15) is 4.39 Å². The minimum absolute atomic E-state index is 0. The second-order valence-corrected chi connectivity index (χ2v) is 8.17. The van der Waals surface area contributed by atoms with Crippen LogP contribution in [0, 0.1) is 11.9 Å². The molecule has 3 aromatic rings. The Balaban J connectivity index is 0.000000194. The van der Waals surface area contributed by atoms with Gasteiger partial charge >= 0.3 is 20.1 Å². The molecule has 4 rings (SSSR count). The molecule has 0 N–H and O–H groups in total. The van der Waals surface area contributed by atoms with Gasteiger partial charge < -0.3 is 17.9 Å². The van der Waals surface area contributed by atoms with Crippen LogP contribution in [-0.4, -0.2) is 6.54 Å². The van der Waals surface area contributed by atoms with E-state index in [2.05, 4.69) is 41.7 Å². The van der Waals surface area contributed by atoms with Crippen molar-refractivity contribution in [2.75, 3.05) is 6.54 Å². The summed E-state index contributed by atoms with van der Waals surface area (Å²) in [7, 11) is 0.671. The van der Waals surface area contributed by atoms with Crippen LogP contribution in [0.15, 0.2) is 77.7 Å². The molecule has 0 aliphatic carbocycles. The predicted molar refractivity (Wildman–Crippen MR) is 116 cm³/mol. The maximum absolute atomic E-state index is 12.6. The summed E-state index contributed by atoms with van der Waals surface area (Å²) in [5.41, 5.74) is 1.03. The second kappa shape index (κ2) is 12.4. The summed E-state index contributed by atoms with van der Waals surface area (Å²) < 4.78 is 12.6. The molecule has 1 nitrogen and oxygen atoms in total. The van der Waals surface area contributed by atoms with Gasteiger partial charge in [-0.05, 0) is 10.6 Å². The molecule has 0 saturated carbocycles. The van der Waals surface area contributed by atoms with E-state index in [1.54, 1.807) is 6.07 Å². The van der Waals surface area contributed by atoms with E-state index in [1.807, 2.05) is 24.3 Å². The molecule has 146 valence electrons. The molecule has 28 heavy (non-hydrogen) atoms. The summed E-state index contributed by atoms with van der Waals surface area (Å²) >= 11 is 5.26. The number of benzene rings is 3. The van der Waals surface area contributed by atoms with Gasteiger partial charge in [-0.3, -0.25) is 4.39 Å². The summed E-state index contributed by atoms with van der Waals surface area (Å²) in [5, 5.41) is 7.07. The van der Waals surface area contributed by atoms with Crippen molar-refractivity contribution < 1.29 is 24.5 Å². The van der Waals surface area contributed by atoms with Gasteiger partial charge in [0.1, 0.15) is 0 Å². The average molecular weight is 587 g/mol. The largest absolute Gasteiger partial charge is 3.00 e. The van der Waals surface area contributed by atoms with Crippen LogP contribution < -0.4 is 10.6 Å². The Morgan fingerprint density at radius 2 is 1.71 bits per heavy atom. The first-order valence-corrected chi connectivity index (χ1v) is 10.5. The molecule has 1 aliphatic rings.